The Bertz CT molecular complexity index is 820. The second kappa shape index (κ2) is 7.19. The predicted octanol–water partition coefficient (Wildman–Crippen LogP) is 3.54. The summed E-state index contributed by atoms with van der Waals surface area (Å²) in [5.74, 6) is -0.459. The molecular weight excluding hydrogens is 336 g/mol. The van der Waals surface area contributed by atoms with Gasteiger partial charge in [-0.15, -0.1) is 11.8 Å². The van der Waals surface area contributed by atoms with Gasteiger partial charge in [0.15, 0.2) is 0 Å². The van der Waals surface area contributed by atoms with E-state index in [1.165, 1.54) is 11.8 Å². The first-order chi connectivity index (χ1) is 11.9. The number of thioether (sulfide) groups is 1. The molecule has 2 aromatic carbocycles. The Balaban J connectivity index is 1.69. The minimum absolute atomic E-state index is 0.0523. The summed E-state index contributed by atoms with van der Waals surface area (Å²) in [5.41, 5.74) is 3.07. The number of carbonyl (C=O) groups is 2. The van der Waals surface area contributed by atoms with Crippen molar-refractivity contribution in [3.05, 3.63) is 53.6 Å². The highest BCUT2D eigenvalue weighted by molar-refractivity contribution is 8.00. The normalized spacial score (nSPS) is 16.0. The highest BCUT2D eigenvalue weighted by Gasteiger charge is 2.24. The fourth-order valence-corrected chi connectivity index (χ4v) is 3.42. The van der Waals surface area contributed by atoms with Crippen LogP contribution < -0.4 is 10.2 Å². The van der Waals surface area contributed by atoms with Gasteiger partial charge in [-0.2, -0.15) is 0 Å². The molecule has 25 heavy (non-hydrogen) atoms. The van der Waals surface area contributed by atoms with Gasteiger partial charge in [-0.1, -0.05) is 12.1 Å². The van der Waals surface area contributed by atoms with Crippen molar-refractivity contribution < 1.29 is 14.3 Å². The number of benzene rings is 2. The quantitative estimate of drug-likeness (QED) is 0.849. The summed E-state index contributed by atoms with van der Waals surface area (Å²) in [6.07, 6.45) is 0. The molecule has 1 aliphatic rings. The maximum atomic E-state index is 12.3. The Morgan fingerprint density at radius 3 is 2.80 bits per heavy atom. The zero-order chi connectivity index (χ0) is 18.0. The van der Waals surface area contributed by atoms with Crippen LogP contribution in [-0.4, -0.2) is 31.2 Å². The number of fused-ring (bicyclic) bond motifs is 1. The van der Waals surface area contributed by atoms with Crippen LogP contribution in [0.15, 0.2) is 47.4 Å². The van der Waals surface area contributed by atoms with Gasteiger partial charge in [-0.25, -0.2) is 4.79 Å². The van der Waals surface area contributed by atoms with Gasteiger partial charge in [0, 0.05) is 24.7 Å². The zero-order valence-electron chi connectivity index (χ0n) is 14.4. The topological polar surface area (TPSA) is 58.6 Å². The first-order valence-electron chi connectivity index (χ1n) is 7.99. The Kier molecular flexibility index (Phi) is 4.99. The van der Waals surface area contributed by atoms with E-state index in [1.54, 1.807) is 12.1 Å². The molecule has 0 aliphatic carbocycles. The number of rotatable bonds is 4. The van der Waals surface area contributed by atoms with Gasteiger partial charge in [0.05, 0.1) is 16.5 Å². The van der Waals surface area contributed by atoms with Crippen molar-refractivity contribution in [3.8, 4) is 0 Å². The number of amides is 1. The fourth-order valence-electron chi connectivity index (χ4n) is 2.49. The van der Waals surface area contributed by atoms with Crippen molar-refractivity contribution in [1.29, 1.82) is 0 Å². The van der Waals surface area contributed by atoms with Gasteiger partial charge in [-0.3, -0.25) is 4.79 Å². The molecule has 1 aliphatic heterocycles. The molecule has 0 spiro atoms. The van der Waals surface area contributed by atoms with Gasteiger partial charge >= 0.3 is 5.97 Å². The van der Waals surface area contributed by atoms with E-state index in [0.717, 1.165) is 16.1 Å². The lowest BCUT2D eigenvalue weighted by Gasteiger charge is -2.21. The van der Waals surface area contributed by atoms with E-state index < -0.39 is 5.97 Å². The number of ether oxygens (including phenoxy) is 1. The Labute approximate surface area is 151 Å². The molecule has 5 nitrogen and oxygen atoms in total. The molecule has 6 heteroatoms. The molecule has 0 aromatic heterocycles. The molecule has 0 saturated heterocycles. The number of hydrogen-bond acceptors (Lipinski definition) is 5. The van der Waals surface area contributed by atoms with Crippen molar-refractivity contribution in [3.63, 3.8) is 0 Å². The van der Waals surface area contributed by atoms with Gasteiger partial charge in [0.25, 0.3) is 0 Å². The molecule has 0 saturated carbocycles. The Hall–Kier alpha value is -2.47. The zero-order valence-corrected chi connectivity index (χ0v) is 15.2. The molecule has 0 fully saturated rings. The maximum absolute atomic E-state index is 12.3. The van der Waals surface area contributed by atoms with E-state index in [0.29, 0.717) is 11.3 Å². The first kappa shape index (κ1) is 17.4. The number of carbonyl (C=O) groups excluding carboxylic acids is 2. The molecule has 1 atom stereocenters. The fraction of sp³-hybridized carbons (Fsp3) is 0.263. The van der Waals surface area contributed by atoms with E-state index in [-0.39, 0.29) is 17.8 Å². The minimum Gasteiger partial charge on any atom is -0.457 e. The van der Waals surface area contributed by atoms with Crippen LogP contribution in [0.3, 0.4) is 0 Å². The third-order valence-electron chi connectivity index (χ3n) is 3.94. The maximum Gasteiger partial charge on any atom is 0.338 e. The first-order valence-corrected chi connectivity index (χ1v) is 8.87. The molecule has 0 radical (unpaired) electrons. The average molecular weight is 356 g/mol. The third kappa shape index (κ3) is 3.96. The number of nitrogens with zero attached hydrogens (tertiary/aromatic N) is 1. The molecule has 1 amide bonds. The lowest BCUT2D eigenvalue weighted by molar-refractivity contribution is -0.115. The minimum atomic E-state index is -0.407. The van der Waals surface area contributed by atoms with E-state index in [2.05, 4.69) is 5.32 Å². The van der Waals surface area contributed by atoms with Crippen molar-refractivity contribution in [2.24, 2.45) is 0 Å². The molecule has 130 valence electrons. The van der Waals surface area contributed by atoms with E-state index in [9.17, 15) is 9.59 Å². The van der Waals surface area contributed by atoms with Crippen LogP contribution >= 0.6 is 11.8 Å². The second-order valence-corrected chi connectivity index (χ2v) is 7.48. The monoisotopic (exact) mass is 356 g/mol. The van der Waals surface area contributed by atoms with Crippen LogP contribution in [-0.2, 0) is 16.1 Å². The van der Waals surface area contributed by atoms with Crippen LogP contribution in [0.1, 0.15) is 22.8 Å². The van der Waals surface area contributed by atoms with E-state index in [1.807, 2.05) is 56.3 Å². The summed E-state index contributed by atoms with van der Waals surface area (Å²) in [6, 6.07) is 13.1. The molecule has 1 heterocycles. The van der Waals surface area contributed by atoms with Crippen molar-refractivity contribution in [2.45, 2.75) is 23.7 Å². The van der Waals surface area contributed by atoms with Crippen LogP contribution in [0.25, 0.3) is 0 Å². The standard InChI is InChI=1S/C19H20N2O3S/c1-12-18(22)20-16-10-14(7-8-17(16)25-12)19(23)24-11-13-5-4-6-15(9-13)21(2)3/h4-10,12H,11H2,1-3H3,(H,20,22). The summed E-state index contributed by atoms with van der Waals surface area (Å²) in [4.78, 5) is 27.1. The number of nitrogens with one attached hydrogen (secondary N) is 1. The Morgan fingerprint density at radius 2 is 2.04 bits per heavy atom. The van der Waals surface area contributed by atoms with Gasteiger partial charge in [-0.05, 0) is 42.8 Å². The van der Waals surface area contributed by atoms with Gasteiger partial charge in [0.2, 0.25) is 5.91 Å². The average Bonchev–Trinajstić information content (AvgIpc) is 2.60. The molecular formula is C19H20N2O3S. The Morgan fingerprint density at radius 1 is 1.24 bits per heavy atom. The van der Waals surface area contributed by atoms with Crippen molar-refractivity contribution in [2.75, 3.05) is 24.3 Å². The highest BCUT2D eigenvalue weighted by atomic mass is 32.2. The molecule has 0 bridgehead atoms. The summed E-state index contributed by atoms with van der Waals surface area (Å²) in [7, 11) is 3.93. The predicted molar refractivity (Wildman–Crippen MR) is 100 cm³/mol. The smallest absolute Gasteiger partial charge is 0.338 e. The van der Waals surface area contributed by atoms with Gasteiger partial charge in [0.1, 0.15) is 6.61 Å². The van der Waals surface area contributed by atoms with Crippen LogP contribution in [0.2, 0.25) is 0 Å². The van der Waals surface area contributed by atoms with Crippen LogP contribution in [0.5, 0.6) is 0 Å². The van der Waals surface area contributed by atoms with Crippen LogP contribution in [0, 0.1) is 0 Å². The van der Waals surface area contributed by atoms with Crippen LogP contribution in [0.4, 0.5) is 11.4 Å². The summed E-state index contributed by atoms with van der Waals surface area (Å²) >= 11 is 1.49. The van der Waals surface area contributed by atoms with E-state index in [4.69, 9.17) is 4.74 Å². The lowest BCUT2D eigenvalue weighted by atomic mass is 10.2. The third-order valence-corrected chi connectivity index (χ3v) is 5.12. The summed E-state index contributed by atoms with van der Waals surface area (Å²) in [6.45, 7) is 2.06. The summed E-state index contributed by atoms with van der Waals surface area (Å²) in [5, 5.41) is 2.70. The molecule has 3 rings (SSSR count). The molecule has 1 unspecified atom stereocenters. The molecule has 1 N–H and O–H groups in total. The second-order valence-electron chi connectivity index (χ2n) is 6.10. The molecule has 2 aromatic rings. The summed E-state index contributed by atoms with van der Waals surface area (Å²) < 4.78 is 5.41. The van der Waals surface area contributed by atoms with Crippen molar-refractivity contribution in [1.82, 2.24) is 0 Å². The number of esters is 1. The highest BCUT2D eigenvalue weighted by Crippen LogP contribution is 2.36. The number of hydrogen-bond donors (Lipinski definition) is 1. The van der Waals surface area contributed by atoms with Gasteiger partial charge < -0.3 is 15.0 Å². The van der Waals surface area contributed by atoms with Crippen molar-refractivity contribution >= 4 is 35.0 Å². The lowest BCUT2D eigenvalue weighted by Crippen LogP contribution is -2.26. The SMILES string of the molecule is CC1Sc2ccc(C(=O)OCc3cccc(N(C)C)c3)cc2NC1=O. The van der Waals surface area contributed by atoms with E-state index >= 15 is 0 Å². The number of anilines is 2. The largest absolute Gasteiger partial charge is 0.457 e.